The summed E-state index contributed by atoms with van der Waals surface area (Å²) in [7, 11) is 0. The SMILES string of the molecule is Cc1cc(C)cc(-c2nnc(S[C@@H](C)C(=O)Nc3ccccc3)o2)c1. The maximum Gasteiger partial charge on any atom is 0.277 e. The lowest BCUT2D eigenvalue weighted by Gasteiger charge is -2.09. The predicted molar refractivity (Wildman–Crippen MR) is 99.6 cm³/mol. The zero-order chi connectivity index (χ0) is 17.8. The van der Waals surface area contributed by atoms with Crippen LogP contribution in [0, 0.1) is 13.8 Å². The maximum absolute atomic E-state index is 12.3. The van der Waals surface area contributed by atoms with E-state index in [1.165, 1.54) is 11.8 Å². The Kier molecular flexibility index (Phi) is 5.19. The van der Waals surface area contributed by atoms with Crippen LogP contribution in [0.1, 0.15) is 18.1 Å². The molecular formula is C19H19N3O2S. The highest BCUT2D eigenvalue weighted by atomic mass is 32.2. The van der Waals surface area contributed by atoms with Crippen LogP contribution in [0.2, 0.25) is 0 Å². The van der Waals surface area contributed by atoms with Crippen molar-refractivity contribution < 1.29 is 9.21 Å². The Bertz CT molecular complexity index is 857. The van der Waals surface area contributed by atoms with Gasteiger partial charge in [-0.2, -0.15) is 0 Å². The molecule has 128 valence electrons. The number of benzene rings is 2. The Hall–Kier alpha value is -2.60. The monoisotopic (exact) mass is 353 g/mol. The van der Waals surface area contributed by atoms with Crippen LogP contribution in [-0.4, -0.2) is 21.4 Å². The zero-order valence-electron chi connectivity index (χ0n) is 14.3. The number of amides is 1. The minimum atomic E-state index is -0.354. The molecule has 6 heteroatoms. The highest BCUT2D eigenvalue weighted by Gasteiger charge is 2.19. The number of carbonyl (C=O) groups is 1. The number of rotatable bonds is 5. The van der Waals surface area contributed by atoms with Gasteiger partial charge < -0.3 is 9.73 Å². The molecule has 0 bridgehead atoms. The van der Waals surface area contributed by atoms with Crippen LogP contribution in [0.25, 0.3) is 11.5 Å². The van der Waals surface area contributed by atoms with Crippen LogP contribution in [0.15, 0.2) is 58.2 Å². The van der Waals surface area contributed by atoms with Gasteiger partial charge in [-0.05, 0) is 45.0 Å². The first-order chi connectivity index (χ1) is 12.0. The quantitative estimate of drug-likeness (QED) is 0.685. The average molecular weight is 353 g/mol. The second-order valence-corrected chi connectivity index (χ2v) is 7.16. The second-order valence-electron chi connectivity index (χ2n) is 5.86. The summed E-state index contributed by atoms with van der Waals surface area (Å²) < 4.78 is 5.71. The van der Waals surface area contributed by atoms with Gasteiger partial charge >= 0.3 is 0 Å². The minimum absolute atomic E-state index is 0.109. The van der Waals surface area contributed by atoms with Crippen molar-refractivity contribution >= 4 is 23.4 Å². The van der Waals surface area contributed by atoms with Crippen LogP contribution >= 0.6 is 11.8 Å². The summed E-state index contributed by atoms with van der Waals surface area (Å²) in [4.78, 5) is 12.3. The average Bonchev–Trinajstić information content (AvgIpc) is 3.03. The summed E-state index contributed by atoms with van der Waals surface area (Å²) in [5.41, 5.74) is 3.93. The Morgan fingerprint density at radius 2 is 1.76 bits per heavy atom. The molecule has 3 aromatic rings. The summed E-state index contributed by atoms with van der Waals surface area (Å²) in [5.74, 6) is 0.354. The van der Waals surface area contributed by atoms with E-state index in [9.17, 15) is 4.79 Å². The van der Waals surface area contributed by atoms with Gasteiger partial charge in [0, 0.05) is 11.3 Å². The highest BCUT2D eigenvalue weighted by Crippen LogP contribution is 2.27. The number of aromatic nitrogens is 2. The lowest BCUT2D eigenvalue weighted by molar-refractivity contribution is -0.115. The fourth-order valence-electron chi connectivity index (χ4n) is 2.44. The molecule has 0 saturated carbocycles. The van der Waals surface area contributed by atoms with Crippen LogP contribution in [0.5, 0.6) is 0 Å². The van der Waals surface area contributed by atoms with Crippen LogP contribution < -0.4 is 5.32 Å². The second kappa shape index (κ2) is 7.53. The van der Waals surface area contributed by atoms with Gasteiger partial charge in [-0.25, -0.2) is 0 Å². The van der Waals surface area contributed by atoms with Crippen molar-refractivity contribution in [3.05, 3.63) is 59.7 Å². The smallest absolute Gasteiger partial charge is 0.277 e. The number of nitrogens with zero attached hydrogens (tertiary/aromatic N) is 2. The fourth-order valence-corrected chi connectivity index (χ4v) is 3.13. The number of hydrogen-bond acceptors (Lipinski definition) is 5. The molecule has 0 aliphatic rings. The maximum atomic E-state index is 12.3. The molecule has 1 amide bonds. The van der Waals surface area contributed by atoms with Crippen LogP contribution in [0.4, 0.5) is 5.69 Å². The molecule has 5 nitrogen and oxygen atoms in total. The predicted octanol–water partition coefficient (Wildman–Crippen LogP) is 4.47. The van der Waals surface area contributed by atoms with Crippen molar-refractivity contribution in [1.29, 1.82) is 0 Å². The number of aryl methyl sites for hydroxylation is 2. The molecule has 0 aliphatic carbocycles. The summed E-state index contributed by atoms with van der Waals surface area (Å²) in [6.07, 6.45) is 0. The summed E-state index contributed by atoms with van der Waals surface area (Å²) in [6, 6.07) is 15.4. The Labute approximate surface area is 150 Å². The van der Waals surface area contributed by atoms with E-state index in [0.717, 1.165) is 22.4 Å². The third-order valence-electron chi connectivity index (χ3n) is 3.56. The van der Waals surface area contributed by atoms with E-state index in [4.69, 9.17) is 4.42 Å². The largest absolute Gasteiger partial charge is 0.411 e. The van der Waals surface area contributed by atoms with Gasteiger partial charge in [-0.3, -0.25) is 4.79 Å². The van der Waals surface area contributed by atoms with Crippen LogP contribution in [0.3, 0.4) is 0 Å². The third-order valence-corrected chi connectivity index (χ3v) is 4.50. The van der Waals surface area contributed by atoms with Gasteiger partial charge in [0.25, 0.3) is 5.22 Å². The van der Waals surface area contributed by atoms with Crippen molar-refractivity contribution in [3.63, 3.8) is 0 Å². The first-order valence-electron chi connectivity index (χ1n) is 7.96. The van der Waals surface area contributed by atoms with Crippen molar-refractivity contribution in [2.45, 2.75) is 31.2 Å². The van der Waals surface area contributed by atoms with Crippen molar-refractivity contribution in [2.75, 3.05) is 5.32 Å². The van der Waals surface area contributed by atoms with E-state index in [1.54, 1.807) is 0 Å². The minimum Gasteiger partial charge on any atom is -0.411 e. The third kappa shape index (κ3) is 4.48. The molecule has 1 aromatic heterocycles. The van der Waals surface area contributed by atoms with Gasteiger partial charge in [-0.15, -0.1) is 10.2 Å². The van der Waals surface area contributed by atoms with Crippen molar-refractivity contribution in [2.24, 2.45) is 0 Å². The Morgan fingerprint density at radius 1 is 1.08 bits per heavy atom. The van der Waals surface area contributed by atoms with Gasteiger partial charge in [0.2, 0.25) is 11.8 Å². The molecule has 3 rings (SSSR count). The van der Waals surface area contributed by atoms with Gasteiger partial charge in [-0.1, -0.05) is 47.2 Å². The molecule has 1 heterocycles. The molecule has 1 N–H and O–H groups in total. The van der Waals surface area contributed by atoms with Crippen LogP contribution in [-0.2, 0) is 4.79 Å². The number of nitrogens with one attached hydrogen (secondary N) is 1. The van der Waals surface area contributed by atoms with E-state index >= 15 is 0 Å². The summed E-state index contributed by atoms with van der Waals surface area (Å²) >= 11 is 1.24. The topological polar surface area (TPSA) is 68.0 Å². The molecule has 0 aliphatic heterocycles. The van der Waals surface area contributed by atoms with E-state index < -0.39 is 0 Å². The standard InChI is InChI=1S/C19H19N3O2S/c1-12-9-13(2)11-15(10-12)18-21-22-19(24-18)25-14(3)17(23)20-16-7-5-4-6-8-16/h4-11,14H,1-3H3,(H,20,23)/t14-/m0/s1. The number of carbonyl (C=O) groups excluding carboxylic acids is 1. The van der Waals surface area contributed by atoms with Gasteiger partial charge in [0.15, 0.2) is 0 Å². The summed E-state index contributed by atoms with van der Waals surface area (Å²) in [6.45, 7) is 5.86. The van der Waals surface area contributed by atoms with E-state index in [2.05, 4.69) is 21.6 Å². The number of para-hydroxylation sites is 1. The molecule has 0 saturated heterocycles. The number of thioether (sulfide) groups is 1. The molecule has 0 spiro atoms. The highest BCUT2D eigenvalue weighted by molar-refractivity contribution is 8.00. The van der Waals surface area contributed by atoms with Gasteiger partial charge in [0.05, 0.1) is 5.25 Å². The van der Waals surface area contributed by atoms with Crippen molar-refractivity contribution in [1.82, 2.24) is 10.2 Å². The van der Waals surface area contributed by atoms with E-state index in [-0.39, 0.29) is 11.2 Å². The number of hydrogen-bond donors (Lipinski definition) is 1. The summed E-state index contributed by atoms with van der Waals surface area (Å²) in [5, 5.41) is 11.0. The molecule has 0 unspecified atom stereocenters. The zero-order valence-corrected chi connectivity index (χ0v) is 15.1. The normalized spacial score (nSPS) is 12.0. The Morgan fingerprint density at radius 3 is 2.44 bits per heavy atom. The molecule has 2 aromatic carbocycles. The molecular weight excluding hydrogens is 334 g/mol. The molecule has 25 heavy (non-hydrogen) atoms. The molecule has 0 radical (unpaired) electrons. The van der Waals surface area contributed by atoms with E-state index in [1.807, 2.05) is 63.2 Å². The lowest BCUT2D eigenvalue weighted by Crippen LogP contribution is -2.22. The Balaban J connectivity index is 1.67. The fraction of sp³-hybridized carbons (Fsp3) is 0.211. The first kappa shape index (κ1) is 17.2. The van der Waals surface area contributed by atoms with E-state index in [0.29, 0.717) is 11.1 Å². The lowest BCUT2D eigenvalue weighted by atomic mass is 10.1. The molecule has 1 atom stereocenters. The number of anilines is 1. The van der Waals surface area contributed by atoms with Crippen molar-refractivity contribution in [3.8, 4) is 11.5 Å². The first-order valence-corrected chi connectivity index (χ1v) is 8.84. The molecule has 0 fully saturated rings. The van der Waals surface area contributed by atoms with Gasteiger partial charge in [0.1, 0.15) is 0 Å².